The number of aromatic nitrogens is 2. The summed E-state index contributed by atoms with van der Waals surface area (Å²) in [5.74, 6) is 2.47. The van der Waals surface area contributed by atoms with Gasteiger partial charge < -0.3 is 10.2 Å². The molecule has 0 aliphatic carbocycles. The Morgan fingerprint density at radius 2 is 2.15 bits per heavy atom. The van der Waals surface area contributed by atoms with Crippen LogP contribution in [0.3, 0.4) is 0 Å². The summed E-state index contributed by atoms with van der Waals surface area (Å²) in [6, 6.07) is 2.15. The smallest absolute Gasteiger partial charge is 0.317 e. The molecule has 6 heteroatoms. The number of rotatable bonds is 4. The van der Waals surface area contributed by atoms with Crippen LogP contribution in [0.4, 0.5) is 4.79 Å². The maximum atomic E-state index is 12.0. The second-order valence-electron chi connectivity index (χ2n) is 5.50. The van der Waals surface area contributed by atoms with Crippen LogP contribution in [0.25, 0.3) is 0 Å². The lowest BCUT2D eigenvalue weighted by atomic mass is 10.2. The Hall–Kier alpha value is -1.17. The summed E-state index contributed by atoms with van der Waals surface area (Å²) in [7, 11) is 0. The average Bonchev–Trinajstić information content (AvgIpc) is 2.75. The van der Waals surface area contributed by atoms with Gasteiger partial charge >= 0.3 is 6.03 Å². The summed E-state index contributed by atoms with van der Waals surface area (Å²) < 4.78 is 2.02. The molecule has 1 atom stereocenters. The van der Waals surface area contributed by atoms with E-state index < -0.39 is 0 Å². The van der Waals surface area contributed by atoms with Crippen LogP contribution in [-0.2, 0) is 6.54 Å². The van der Waals surface area contributed by atoms with Gasteiger partial charge in [-0.05, 0) is 25.8 Å². The minimum absolute atomic E-state index is 0.0746. The molecule has 2 rings (SSSR count). The number of hydrogen-bond donors (Lipinski definition) is 1. The van der Waals surface area contributed by atoms with Gasteiger partial charge in [0.05, 0.1) is 5.69 Å². The van der Waals surface area contributed by atoms with E-state index in [2.05, 4.69) is 30.3 Å². The highest BCUT2D eigenvalue weighted by Crippen LogP contribution is 2.09. The lowest BCUT2D eigenvalue weighted by Crippen LogP contribution is -2.45. The Bertz CT molecular complexity index is 454. The average molecular weight is 296 g/mol. The highest BCUT2D eigenvalue weighted by atomic mass is 32.2. The van der Waals surface area contributed by atoms with Crippen LogP contribution in [0.15, 0.2) is 6.07 Å². The van der Waals surface area contributed by atoms with Crippen molar-refractivity contribution >= 4 is 17.8 Å². The normalized spacial score (nSPS) is 17.1. The summed E-state index contributed by atoms with van der Waals surface area (Å²) in [5.41, 5.74) is 2.22. The second kappa shape index (κ2) is 7.02. The molecule has 0 aromatic carbocycles. The summed E-state index contributed by atoms with van der Waals surface area (Å²) in [6.07, 6.45) is 0. The molecule has 1 aromatic heterocycles. The van der Waals surface area contributed by atoms with Gasteiger partial charge in [-0.3, -0.25) is 4.68 Å². The molecular weight excluding hydrogens is 272 g/mol. The van der Waals surface area contributed by atoms with Crippen molar-refractivity contribution in [2.75, 3.05) is 31.1 Å². The molecule has 20 heavy (non-hydrogen) atoms. The van der Waals surface area contributed by atoms with Crippen LogP contribution >= 0.6 is 11.8 Å². The molecule has 1 aliphatic heterocycles. The van der Waals surface area contributed by atoms with E-state index in [1.165, 1.54) is 5.69 Å². The third kappa shape index (κ3) is 4.16. The number of nitrogens with one attached hydrogen (secondary N) is 1. The first-order valence-electron chi connectivity index (χ1n) is 7.18. The maximum Gasteiger partial charge on any atom is 0.317 e. The van der Waals surface area contributed by atoms with Crippen LogP contribution < -0.4 is 5.32 Å². The number of hydrogen-bond acceptors (Lipinski definition) is 3. The molecule has 2 heterocycles. The fourth-order valence-electron chi connectivity index (χ4n) is 2.36. The van der Waals surface area contributed by atoms with Crippen LogP contribution in [0.1, 0.15) is 18.3 Å². The van der Waals surface area contributed by atoms with Crippen LogP contribution in [0.2, 0.25) is 0 Å². The van der Waals surface area contributed by atoms with Gasteiger partial charge in [0, 0.05) is 43.4 Å². The topological polar surface area (TPSA) is 50.2 Å². The first-order chi connectivity index (χ1) is 9.56. The fourth-order valence-corrected chi connectivity index (χ4v) is 3.26. The molecule has 0 radical (unpaired) electrons. The molecule has 5 nitrogen and oxygen atoms in total. The van der Waals surface area contributed by atoms with E-state index in [0.717, 1.165) is 36.8 Å². The van der Waals surface area contributed by atoms with Crippen molar-refractivity contribution in [1.29, 1.82) is 0 Å². The van der Waals surface area contributed by atoms with E-state index in [1.807, 2.05) is 28.3 Å². The number of aryl methyl sites for hydroxylation is 2. The predicted molar refractivity (Wildman–Crippen MR) is 83.2 cm³/mol. The molecule has 0 bridgehead atoms. The molecule has 1 saturated heterocycles. The van der Waals surface area contributed by atoms with Crippen molar-refractivity contribution in [2.45, 2.75) is 27.3 Å². The molecule has 0 saturated carbocycles. The van der Waals surface area contributed by atoms with Crippen molar-refractivity contribution in [3.63, 3.8) is 0 Å². The SMILES string of the molecule is Cc1cc(C)n(C[C@@H](C)CNC(=O)N2CCSCC2)n1. The van der Waals surface area contributed by atoms with Gasteiger partial charge in [0.2, 0.25) is 0 Å². The van der Waals surface area contributed by atoms with E-state index in [9.17, 15) is 4.79 Å². The van der Waals surface area contributed by atoms with Gasteiger partial charge in [-0.2, -0.15) is 16.9 Å². The van der Waals surface area contributed by atoms with Crippen molar-refractivity contribution < 1.29 is 4.79 Å². The van der Waals surface area contributed by atoms with Gasteiger partial charge in [0.15, 0.2) is 0 Å². The van der Waals surface area contributed by atoms with E-state index in [1.54, 1.807) is 0 Å². The lowest BCUT2D eigenvalue weighted by Gasteiger charge is -2.27. The van der Waals surface area contributed by atoms with Crippen LogP contribution in [0, 0.1) is 19.8 Å². The van der Waals surface area contributed by atoms with Crippen molar-refractivity contribution in [1.82, 2.24) is 20.0 Å². The first kappa shape index (κ1) is 15.2. The first-order valence-corrected chi connectivity index (χ1v) is 8.33. The number of nitrogens with zero attached hydrogens (tertiary/aromatic N) is 3. The van der Waals surface area contributed by atoms with Crippen molar-refractivity contribution in [3.05, 3.63) is 17.5 Å². The molecule has 1 aliphatic rings. The lowest BCUT2D eigenvalue weighted by molar-refractivity contribution is 0.200. The van der Waals surface area contributed by atoms with Gasteiger partial charge in [0.1, 0.15) is 0 Å². The second-order valence-corrected chi connectivity index (χ2v) is 6.72. The molecule has 112 valence electrons. The van der Waals surface area contributed by atoms with Gasteiger partial charge in [-0.25, -0.2) is 4.79 Å². The Labute approximate surface area is 125 Å². The van der Waals surface area contributed by atoms with E-state index >= 15 is 0 Å². The Morgan fingerprint density at radius 1 is 1.45 bits per heavy atom. The Balaban J connectivity index is 1.75. The summed E-state index contributed by atoms with van der Waals surface area (Å²) >= 11 is 1.91. The minimum Gasteiger partial charge on any atom is -0.338 e. The number of carbonyl (C=O) groups excluding carboxylic acids is 1. The van der Waals surface area contributed by atoms with Crippen molar-refractivity contribution in [2.24, 2.45) is 5.92 Å². The fraction of sp³-hybridized carbons (Fsp3) is 0.714. The minimum atomic E-state index is 0.0746. The zero-order valence-electron chi connectivity index (χ0n) is 12.6. The highest BCUT2D eigenvalue weighted by Gasteiger charge is 2.17. The molecular formula is C14H24N4OS. The molecule has 1 fully saturated rings. The third-order valence-corrected chi connectivity index (χ3v) is 4.43. The predicted octanol–water partition coefficient (Wildman–Crippen LogP) is 1.89. The largest absolute Gasteiger partial charge is 0.338 e. The van der Waals surface area contributed by atoms with Crippen molar-refractivity contribution in [3.8, 4) is 0 Å². The van der Waals surface area contributed by atoms with Gasteiger partial charge in [-0.1, -0.05) is 6.92 Å². The van der Waals surface area contributed by atoms with Crippen LogP contribution in [-0.4, -0.2) is 51.9 Å². The van der Waals surface area contributed by atoms with Crippen LogP contribution in [0.5, 0.6) is 0 Å². The van der Waals surface area contributed by atoms with Gasteiger partial charge in [0.25, 0.3) is 0 Å². The van der Waals surface area contributed by atoms with E-state index in [4.69, 9.17) is 0 Å². The van der Waals surface area contributed by atoms with E-state index in [-0.39, 0.29) is 6.03 Å². The quantitative estimate of drug-likeness (QED) is 0.923. The third-order valence-electron chi connectivity index (χ3n) is 3.49. The molecule has 1 N–H and O–H groups in total. The van der Waals surface area contributed by atoms with Gasteiger partial charge in [-0.15, -0.1) is 0 Å². The number of thioether (sulfide) groups is 1. The molecule has 2 amide bonds. The Morgan fingerprint density at radius 3 is 2.75 bits per heavy atom. The summed E-state index contributed by atoms with van der Waals surface area (Å²) in [4.78, 5) is 13.9. The molecule has 0 unspecified atom stereocenters. The number of amides is 2. The zero-order valence-corrected chi connectivity index (χ0v) is 13.4. The highest BCUT2D eigenvalue weighted by molar-refractivity contribution is 7.99. The Kier molecular flexibility index (Phi) is 5.34. The standard InChI is InChI=1S/C14H24N4OS/c1-11(10-18-13(3)8-12(2)16-18)9-15-14(19)17-4-6-20-7-5-17/h8,11H,4-7,9-10H2,1-3H3,(H,15,19)/t11-/m0/s1. The summed E-state index contributed by atoms with van der Waals surface area (Å²) in [6.45, 7) is 9.48. The molecule has 1 aromatic rings. The number of urea groups is 1. The maximum absolute atomic E-state index is 12.0. The molecule has 0 spiro atoms. The van der Waals surface area contributed by atoms with E-state index in [0.29, 0.717) is 12.5 Å². The summed E-state index contributed by atoms with van der Waals surface area (Å²) in [5, 5.41) is 7.49. The zero-order chi connectivity index (χ0) is 14.5. The number of carbonyl (C=O) groups is 1. The monoisotopic (exact) mass is 296 g/mol.